The van der Waals surface area contributed by atoms with E-state index in [9.17, 15) is 4.79 Å². The summed E-state index contributed by atoms with van der Waals surface area (Å²) in [7, 11) is 0. The molecule has 28 heavy (non-hydrogen) atoms. The van der Waals surface area contributed by atoms with Gasteiger partial charge in [-0.05, 0) is 60.5 Å². The monoisotopic (exact) mass is 411 g/mol. The fourth-order valence-corrected chi connectivity index (χ4v) is 3.59. The van der Waals surface area contributed by atoms with Gasteiger partial charge in [0.1, 0.15) is 5.75 Å². The molecule has 0 aliphatic rings. The van der Waals surface area contributed by atoms with Crippen molar-refractivity contribution in [1.82, 2.24) is 0 Å². The molecule has 0 saturated heterocycles. The smallest absolute Gasteiger partial charge is 0.265 e. The molecule has 0 radical (unpaired) electrons. The standard InChI is InChI=1S/C23H22ClNO2S/c1-2-22(27-20-14-10-18(24)11-15-20)23(26)25-19-12-8-17(9-13-19)16-28-21-6-4-3-5-7-21/h3-15,22H,2,16H2,1H3,(H,25,26)/t22-/m0/s1. The number of benzene rings is 3. The third-order valence-corrected chi connectivity index (χ3v) is 5.46. The minimum absolute atomic E-state index is 0.163. The number of anilines is 1. The maximum absolute atomic E-state index is 12.5. The highest BCUT2D eigenvalue weighted by Crippen LogP contribution is 2.23. The van der Waals surface area contributed by atoms with E-state index in [1.165, 1.54) is 10.5 Å². The van der Waals surface area contributed by atoms with Crippen LogP contribution in [0.1, 0.15) is 18.9 Å². The molecule has 0 unspecified atom stereocenters. The molecular formula is C23H22ClNO2S. The average molecular weight is 412 g/mol. The summed E-state index contributed by atoms with van der Waals surface area (Å²) >= 11 is 7.67. The Morgan fingerprint density at radius 2 is 1.68 bits per heavy atom. The van der Waals surface area contributed by atoms with Crippen molar-refractivity contribution < 1.29 is 9.53 Å². The zero-order valence-corrected chi connectivity index (χ0v) is 17.2. The summed E-state index contributed by atoms with van der Waals surface area (Å²) in [6.45, 7) is 1.92. The van der Waals surface area contributed by atoms with Crippen LogP contribution >= 0.6 is 23.4 Å². The highest BCUT2D eigenvalue weighted by atomic mass is 35.5. The normalized spacial score (nSPS) is 11.6. The maximum Gasteiger partial charge on any atom is 0.265 e. The highest BCUT2D eigenvalue weighted by molar-refractivity contribution is 7.98. The molecule has 0 fully saturated rings. The average Bonchev–Trinajstić information content (AvgIpc) is 2.73. The van der Waals surface area contributed by atoms with E-state index in [0.717, 1.165) is 11.4 Å². The summed E-state index contributed by atoms with van der Waals surface area (Å²) in [5.74, 6) is 1.35. The molecule has 0 aromatic heterocycles. The molecule has 1 amide bonds. The van der Waals surface area contributed by atoms with Crippen LogP contribution in [0.5, 0.6) is 5.75 Å². The van der Waals surface area contributed by atoms with E-state index in [-0.39, 0.29) is 5.91 Å². The van der Waals surface area contributed by atoms with Gasteiger partial charge in [-0.15, -0.1) is 11.8 Å². The van der Waals surface area contributed by atoms with E-state index in [2.05, 4.69) is 17.4 Å². The lowest BCUT2D eigenvalue weighted by Crippen LogP contribution is -2.32. The number of rotatable bonds is 8. The van der Waals surface area contributed by atoms with Gasteiger partial charge in [-0.25, -0.2) is 0 Å². The number of hydrogen-bond donors (Lipinski definition) is 1. The van der Waals surface area contributed by atoms with Crippen LogP contribution in [0.25, 0.3) is 0 Å². The molecule has 1 atom stereocenters. The molecule has 0 saturated carbocycles. The molecule has 3 nitrogen and oxygen atoms in total. The minimum atomic E-state index is -0.561. The lowest BCUT2D eigenvalue weighted by atomic mass is 10.2. The molecular weight excluding hydrogens is 390 g/mol. The largest absolute Gasteiger partial charge is 0.481 e. The maximum atomic E-state index is 12.5. The van der Waals surface area contributed by atoms with Crippen molar-refractivity contribution in [2.24, 2.45) is 0 Å². The lowest BCUT2D eigenvalue weighted by molar-refractivity contribution is -0.122. The summed E-state index contributed by atoms with van der Waals surface area (Å²) in [4.78, 5) is 13.8. The fourth-order valence-electron chi connectivity index (χ4n) is 2.59. The summed E-state index contributed by atoms with van der Waals surface area (Å²) in [6.07, 6.45) is 0.00904. The van der Waals surface area contributed by atoms with Crippen LogP contribution in [0.4, 0.5) is 5.69 Å². The first kappa shape index (κ1) is 20.3. The summed E-state index contributed by atoms with van der Waals surface area (Å²) in [6, 6.07) is 25.2. The van der Waals surface area contributed by atoms with Crippen molar-refractivity contribution in [2.75, 3.05) is 5.32 Å². The first-order valence-electron chi connectivity index (χ1n) is 9.14. The Balaban J connectivity index is 1.54. The van der Waals surface area contributed by atoms with E-state index in [4.69, 9.17) is 16.3 Å². The SMILES string of the molecule is CC[C@H](Oc1ccc(Cl)cc1)C(=O)Nc1ccc(CSc2ccccc2)cc1. The quantitative estimate of drug-likeness (QED) is 0.434. The Bertz CT molecular complexity index is 883. The Hall–Kier alpha value is -2.43. The molecule has 0 heterocycles. The fraction of sp³-hybridized carbons (Fsp3) is 0.174. The van der Waals surface area contributed by atoms with Crippen LogP contribution in [-0.4, -0.2) is 12.0 Å². The van der Waals surface area contributed by atoms with Crippen molar-refractivity contribution in [3.8, 4) is 5.75 Å². The molecule has 0 spiro atoms. The van der Waals surface area contributed by atoms with Gasteiger partial charge in [0.15, 0.2) is 6.10 Å². The third-order valence-electron chi connectivity index (χ3n) is 4.13. The van der Waals surface area contributed by atoms with E-state index in [1.807, 2.05) is 49.4 Å². The first-order valence-corrected chi connectivity index (χ1v) is 10.5. The topological polar surface area (TPSA) is 38.3 Å². The van der Waals surface area contributed by atoms with E-state index < -0.39 is 6.10 Å². The van der Waals surface area contributed by atoms with Crippen molar-refractivity contribution in [3.63, 3.8) is 0 Å². The number of carbonyl (C=O) groups excluding carboxylic acids is 1. The third kappa shape index (κ3) is 6.04. The van der Waals surface area contributed by atoms with Gasteiger partial charge >= 0.3 is 0 Å². The van der Waals surface area contributed by atoms with Crippen molar-refractivity contribution >= 4 is 35.0 Å². The van der Waals surface area contributed by atoms with Gasteiger partial charge in [0.2, 0.25) is 0 Å². The van der Waals surface area contributed by atoms with E-state index in [1.54, 1.807) is 36.0 Å². The Morgan fingerprint density at radius 1 is 1.00 bits per heavy atom. The Morgan fingerprint density at radius 3 is 2.32 bits per heavy atom. The van der Waals surface area contributed by atoms with E-state index in [0.29, 0.717) is 17.2 Å². The van der Waals surface area contributed by atoms with Crippen molar-refractivity contribution in [3.05, 3.63) is 89.4 Å². The molecule has 0 aliphatic heterocycles. The van der Waals surface area contributed by atoms with Gasteiger partial charge in [-0.3, -0.25) is 4.79 Å². The second-order valence-electron chi connectivity index (χ2n) is 6.26. The zero-order chi connectivity index (χ0) is 19.8. The summed E-state index contributed by atoms with van der Waals surface area (Å²) in [5.41, 5.74) is 1.97. The Labute approximate surface area is 175 Å². The van der Waals surface area contributed by atoms with Crippen LogP contribution in [-0.2, 0) is 10.5 Å². The number of carbonyl (C=O) groups is 1. The predicted molar refractivity (Wildman–Crippen MR) is 117 cm³/mol. The lowest BCUT2D eigenvalue weighted by Gasteiger charge is -2.17. The molecule has 5 heteroatoms. The first-order chi connectivity index (χ1) is 13.6. The van der Waals surface area contributed by atoms with Gasteiger partial charge < -0.3 is 10.1 Å². The van der Waals surface area contributed by atoms with Crippen LogP contribution in [0, 0.1) is 0 Å². The molecule has 3 aromatic rings. The van der Waals surface area contributed by atoms with Crippen molar-refractivity contribution in [1.29, 1.82) is 0 Å². The van der Waals surface area contributed by atoms with Crippen molar-refractivity contribution in [2.45, 2.75) is 30.1 Å². The Kier molecular flexibility index (Phi) is 7.40. The summed E-state index contributed by atoms with van der Waals surface area (Å²) in [5, 5.41) is 3.56. The predicted octanol–water partition coefficient (Wildman–Crippen LogP) is 6.43. The number of nitrogens with one attached hydrogen (secondary N) is 1. The highest BCUT2D eigenvalue weighted by Gasteiger charge is 2.18. The van der Waals surface area contributed by atoms with Crippen LogP contribution < -0.4 is 10.1 Å². The number of amides is 1. The van der Waals surface area contributed by atoms with Gasteiger partial charge in [0, 0.05) is 21.4 Å². The van der Waals surface area contributed by atoms with Gasteiger partial charge in [0.05, 0.1) is 0 Å². The van der Waals surface area contributed by atoms with E-state index >= 15 is 0 Å². The molecule has 0 bridgehead atoms. The minimum Gasteiger partial charge on any atom is -0.481 e. The number of thioether (sulfide) groups is 1. The molecule has 0 aliphatic carbocycles. The molecule has 144 valence electrons. The molecule has 3 rings (SSSR count). The number of hydrogen-bond acceptors (Lipinski definition) is 3. The van der Waals surface area contributed by atoms with Crippen LogP contribution in [0.2, 0.25) is 5.02 Å². The van der Waals surface area contributed by atoms with Gasteiger partial charge in [-0.2, -0.15) is 0 Å². The number of halogens is 1. The molecule has 1 N–H and O–H groups in total. The zero-order valence-electron chi connectivity index (χ0n) is 15.6. The van der Waals surface area contributed by atoms with Crippen LogP contribution in [0.15, 0.2) is 83.8 Å². The second kappa shape index (κ2) is 10.2. The van der Waals surface area contributed by atoms with Crippen LogP contribution in [0.3, 0.4) is 0 Å². The molecule has 3 aromatic carbocycles. The second-order valence-corrected chi connectivity index (χ2v) is 7.74. The number of ether oxygens (including phenoxy) is 1. The summed E-state index contributed by atoms with van der Waals surface area (Å²) < 4.78 is 5.79. The van der Waals surface area contributed by atoms with Gasteiger partial charge in [-0.1, -0.05) is 48.9 Å². The van der Waals surface area contributed by atoms with Gasteiger partial charge in [0.25, 0.3) is 5.91 Å².